The van der Waals surface area contributed by atoms with Gasteiger partial charge in [0.25, 0.3) is 5.91 Å². The first-order chi connectivity index (χ1) is 20.6. The molecule has 10 nitrogen and oxygen atoms in total. The first-order valence-electron chi connectivity index (χ1n) is 13.2. The number of amides is 1. The van der Waals surface area contributed by atoms with Gasteiger partial charge in [-0.15, -0.1) is 11.3 Å². The molecule has 6 aromatic rings. The summed E-state index contributed by atoms with van der Waals surface area (Å²) in [6, 6.07) is 14.9. The molecule has 6 rings (SSSR count). The number of hydrogen-bond donors (Lipinski definition) is 1. The predicted molar refractivity (Wildman–Crippen MR) is 169 cm³/mol. The third-order valence-corrected chi connectivity index (χ3v) is 9.51. The van der Waals surface area contributed by atoms with Gasteiger partial charge in [-0.25, -0.2) is 23.4 Å². The molecule has 0 fully saturated rings. The highest BCUT2D eigenvalue weighted by Crippen LogP contribution is 2.44. The van der Waals surface area contributed by atoms with Gasteiger partial charge in [0.15, 0.2) is 0 Å². The molecule has 4 heterocycles. The van der Waals surface area contributed by atoms with Gasteiger partial charge < -0.3 is 14.5 Å². The van der Waals surface area contributed by atoms with E-state index in [4.69, 9.17) is 9.15 Å². The largest absolute Gasteiger partial charge is 0.481 e. The van der Waals surface area contributed by atoms with Crippen LogP contribution in [0.15, 0.2) is 71.7 Å². The van der Waals surface area contributed by atoms with Crippen LogP contribution in [0.4, 0.5) is 5.69 Å². The number of nitrogens with one attached hydrogen (secondary N) is 1. The number of benzene rings is 2. The number of carbonyl (C=O) groups excluding carboxylic acids is 1. The molecule has 0 saturated carbocycles. The van der Waals surface area contributed by atoms with E-state index in [1.54, 1.807) is 38.7 Å². The molecule has 12 heteroatoms. The maximum absolute atomic E-state index is 13.3. The fraction of sp³-hybridized carbons (Fsp3) is 0.161. The van der Waals surface area contributed by atoms with Crippen molar-refractivity contribution in [1.29, 1.82) is 0 Å². The molecule has 0 aliphatic carbocycles. The van der Waals surface area contributed by atoms with E-state index in [0.717, 1.165) is 32.5 Å². The van der Waals surface area contributed by atoms with Crippen molar-refractivity contribution in [3.05, 3.63) is 78.4 Å². The van der Waals surface area contributed by atoms with Crippen LogP contribution in [0.1, 0.15) is 15.9 Å². The first-order valence-corrected chi connectivity index (χ1v) is 15.8. The number of fused-ring (bicyclic) bond motifs is 2. The number of rotatable bonds is 7. The van der Waals surface area contributed by atoms with Crippen molar-refractivity contribution < 1.29 is 22.4 Å². The van der Waals surface area contributed by atoms with Gasteiger partial charge >= 0.3 is 0 Å². The van der Waals surface area contributed by atoms with Gasteiger partial charge in [0.1, 0.15) is 22.5 Å². The molecular formula is C31H27N5O5S2. The van der Waals surface area contributed by atoms with E-state index in [1.165, 1.54) is 29.0 Å². The third kappa shape index (κ3) is 5.08. The van der Waals surface area contributed by atoms with E-state index >= 15 is 0 Å². The van der Waals surface area contributed by atoms with Gasteiger partial charge in [0.2, 0.25) is 15.9 Å². The summed E-state index contributed by atoms with van der Waals surface area (Å²) in [6.07, 6.45) is 5.99. The van der Waals surface area contributed by atoms with Crippen molar-refractivity contribution in [3.63, 3.8) is 0 Å². The van der Waals surface area contributed by atoms with Crippen LogP contribution in [0.2, 0.25) is 0 Å². The lowest BCUT2D eigenvalue weighted by atomic mass is 9.98. The van der Waals surface area contributed by atoms with Crippen molar-refractivity contribution in [3.8, 4) is 38.8 Å². The van der Waals surface area contributed by atoms with Crippen LogP contribution in [0.3, 0.4) is 0 Å². The standard InChI is InChI=1S/C31H27N5O5S2/c1-17-6-8-18(9-7-17)28-27(29(37)32-2)22-12-21(24(13-25(22)41-28)36(3)43(5,38)39)19-10-23(30(40-4)34-15-19)26-11-20-14-33-16-35-31(20)42-26/h6-16H,1-5H3,(H,32,37). The average molecular weight is 614 g/mol. The summed E-state index contributed by atoms with van der Waals surface area (Å²) in [7, 11) is 0.904. The average Bonchev–Trinajstić information content (AvgIpc) is 3.61. The van der Waals surface area contributed by atoms with Crippen molar-refractivity contribution in [2.75, 3.05) is 31.8 Å². The molecule has 1 amide bonds. The Labute approximate surface area is 252 Å². The van der Waals surface area contributed by atoms with E-state index < -0.39 is 10.0 Å². The van der Waals surface area contributed by atoms with Gasteiger partial charge in [-0.3, -0.25) is 9.10 Å². The summed E-state index contributed by atoms with van der Waals surface area (Å²) in [5.74, 6) is 0.460. The number of methoxy groups -OCH3 is 1. The highest BCUT2D eigenvalue weighted by Gasteiger charge is 2.26. The second kappa shape index (κ2) is 10.8. The second-order valence-electron chi connectivity index (χ2n) is 10.0. The molecule has 0 unspecified atom stereocenters. The molecule has 0 radical (unpaired) electrons. The van der Waals surface area contributed by atoms with Gasteiger partial charge in [-0.2, -0.15) is 0 Å². The van der Waals surface area contributed by atoms with E-state index in [0.29, 0.717) is 50.6 Å². The van der Waals surface area contributed by atoms with Gasteiger partial charge in [0, 0.05) is 64.9 Å². The van der Waals surface area contributed by atoms with Crippen LogP contribution in [0.5, 0.6) is 5.88 Å². The van der Waals surface area contributed by atoms with Crippen LogP contribution in [0.25, 0.3) is 54.1 Å². The van der Waals surface area contributed by atoms with Crippen LogP contribution in [0, 0.1) is 6.92 Å². The van der Waals surface area contributed by atoms with Crippen molar-refractivity contribution in [2.45, 2.75) is 6.92 Å². The highest BCUT2D eigenvalue weighted by molar-refractivity contribution is 7.92. The van der Waals surface area contributed by atoms with E-state index in [9.17, 15) is 13.2 Å². The quantitative estimate of drug-likeness (QED) is 0.236. The zero-order valence-electron chi connectivity index (χ0n) is 24.0. The number of carbonyl (C=O) groups is 1. The minimum absolute atomic E-state index is 0.329. The maximum Gasteiger partial charge on any atom is 0.255 e. The Bertz CT molecular complexity index is 2100. The number of hydrogen-bond acceptors (Lipinski definition) is 9. The molecule has 4 aromatic heterocycles. The van der Waals surface area contributed by atoms with E-state index in [1.807, 2.05) is 43.3 Å². The Morgan fingerprint density at radius 1 is 1.02 bits per heavy atom. The minimum Gasteiger partial charge on any atom is -0.481 e. The summed E-state index contributed by atoms with van der Waals surface area (Å²) in [4.78, 5) is 28.0. The molecule has 0 bridgehead atoms. The third-order valence-electron chi connectivity index (χ3n) is 7.23. The SMILES string of the molecule is CNC(=O)c1c(-c2ccc(C)cc2)oc2cc(N(C)S(C)(=O)=O)c(-c3cnc(OC)c(-c4cc5cncnc5s4)c3)cc12. The Hall–Kier alpha value is -4.81. The number of aryl methyl sites for hydroxylation is 1. The summed E-state index contributed by atoms with van der Waals surface area (Å²) < 4.78 is 38.7. The molecule has 1 N–H and O–H groups in total. The van der Waals surface area contributed by atoms with Gasteiger partial charge in [-0.05, 0) is 25.1 Å². The van der Waals surface area contributed by atoms with Crippen molar-refractivity contribution in [2.24, 2.45) is 0 Å². The Morgan fingerprint density at radius 2 is 1.79 bits per heavy atom. The smallest absolute Gasteiger partial charge is 0.255 e. The Balaban J connectivity index is 1.64. The zero-order valence-corrected chi connectivity index (χ0v) is 25.6. The summed E-state index contributed by atoms with van der Waals surface area (Å²) in [6.45, 7) is 1.98. The lowest BCUT2D eigenvalue weighted by Gasteiger charge is -2.21. The zero-order chi connectivity index (χ0) is 30.5. The predicted octanol–water partition coefficient (Wildman–Crippen LogP) is 5.91. The molecule has 0 saturated heterocycles. The fourth-order valence-corrected chi connectivity index (χ4v) is 6.41. The van der Waals surface area contributed by atoms with Crippen molar-refractivity contribution in [1.82, 2.24) is 20.3 Å². The topological polar surface area (TPSA) is 128 Å². The van der Waals surface area contributed by atoms with Crippen LogP contribution in [-0.2, 0) is 10.0 Å². The van der Waals surface area contributed by atoms with Crippen LogP contribution >= 0.6 is 11.3 Å². The Morgan fingerprint density at radius 3 is 2.47 bits per heavy atom. The number of thiophene rings is 1. The number of furan rings is 1. The summed E-state index contributed by atoms with van der Waals surface area (Å²) in [5, 5.41) is 4.13. The normalized spacial score (nSPS) is 11.7. The van der Waals surface area contributed by atoms with E-state index in [-0.39, 0.29) is 5.91 Å². The second-order valence-corrected chi connectivity index (χ2v) is 13.1. The monoisotopic (exact) mass is 613 g/mol. The number of ether oxygens (including phenoxy) is 1. The van der Waals surface area contributed by atoms with Crippen LogP contribution in [-0.4, -0.2) is 56.7 Å². The molecule has 218 valence electrons. The number of sulfonamides is 1. The maximum atomic E-state index is 13.3. The highest BCUT2D eigenvalue weighted by atomic mass is 32.2. The molecule has 0 aliphatic rings. The fourth-order valence-electron chi connectivity index (χ4n) is 4.92. The van der Waals surface area contributed by atoms with Crippen molar-refractivity contribution >= 4 is 54.1 Å². The molecule has 2 aromatic carbocycles. The summed E-state index contributed by atoms with van der Waals surface area (Å²) >= 11 is 1.47. The molecule has 0 aliphatic heterocycles. The molecular weight excluding hydrogens is 587 g/mol. The molecule has 0 spiro atoms. The van der Waals surface area contributed by atoms with E-state index in [2.05, 4.69) is 20.3 Å². The lowest BCUT2D eigenvalue weighted by molar-refractivity contribution is 0.0964. The number of anilines is 1. The first kappa shape index (κ1) is 28.3. The summed E-state index contributed by atoms with van der Waals surface area (Å²) in [5.41, 5.74) is 4.73. The lowest BCUT2D eigenvalue weighted by Crippen LogP contribution is -2.25. The molecule has 43 heavy (non-hydrogen) atoms. The van der Waals surface area contributed by atoms with Gasteiger partial charge in [-0.1, -0.05) is 29.8 Å². The molecule has 0 atom stereocenters. The number of pyridine rings is 1. The van der Waals surface area contributed by atoms with Gasteiger partial charge in [0.05, 0.1) is 30.2 Å². The number of aromatic nitrogens is 3. The minimum atomic E-state index is -3.67. The van der Waals surface area contributed by atoms with Crippen LogP contribution < -0.4 is 14.4 Å². The number of nitrogens with zero attached hydrogens (tertiary/aromatic N) is 4. The Kier molecular flexibility index (Phi) is 7.10.